The minimum absolute atomic E-state index is 0.530. The van der Waals surface area contributed by atoms with Crippen molar-refractivity contribution in [3.63, 3.8) is 0 Å². The first-order valence-electron chi connectivity index (χ1n) is 5.43. The lowest BCUT2D eigenvalue weighted by atomic mass is 10.0. The summed E-state index contributed by atoms with van der Waals surface area (Å²) in [6.45, 7) is 1.07. The lowest BCUT2D eigenvalue weighted by Gasteiger charge is -2.23. The lowest BCUT2D eigenvalue weighted by Crippen LogP contribution is -2.19. The molecule has 1 aliphatic carbocycles. The quantitative estimate of drug-likeness (QED) is 0.822. The number of methoxy groups -OCH3 is 1. The second-order valence-corrected chi connectivity index (χ2v) is 4.23. The largest absolute Gasteiger partial charge is 0.497 e. The van der Waals surface area contributed by atoms with E-state index in [4.69, 9.17) is 14.2 Å². The molecule has 86 valence electrons. The van der Waals surface area contributed by atoms with Gasteiger partial charge in [0.2, 0.25) is 0 Å². The van der Waals surface area contributed by atoms with Crippen molar-refractivity contribution in [3.05, 3.63) is 17.7 Å². The second kappa shape index (κ2) is 3.28. The molecule has 0 unspecified atom stereocenters. The van der Waals surface area contributed by atoms with Gasteiger partial charge in [0.1, 0.15) is 19.0 Å². The van der Waals surface area contributed by atoms with Crippen molar-refractivity contribution in [2.75, 3.05) is 20.3 Å². The van der Waals surface area contributed by atoms with Gasteiger partial charge in [-0.2, -0.15) is 0 Å². The van der Waals surface area contributed by atoms with Crippen molar-refractivity contribution in [2.24, 2.45) is 0 Å². The van der Waals surface area contributed by atoms with E-state index in [1.165, 1.54) is 0 Å². The van der Waals surface area contributed by atoms with Crippen LogP contribution in [0.4, 0.5) is 0 Å². The van der Waals surface area contributed by atoms with E-state index in [2.05, 4.69) is 0 Å². The van der Waals surface area contributed by atoms with Gasteiger partial charge in [0.25, 0.3) is 0 Å². The topological polar surface area (TPSA) is 47.9 Å². The molecule has 1 heterocycles. The molecule has 0 radical (unpaired) electrons. The van der Waals surface area contributed by atoms with Gasteiger partial charge in [-0.25, -0.2) is 0 Å². The highest BCUT2D eigenvalue weighted by Gasteiger charge is 2.45. The van der Waals surface area contributed by atoms with Crippen LogP contribution in [0, 0.1) is 0 Å². The number of rotatable bonds is 2. The molecule has 4 nitrogen and oxygen atoms in total. The van der Waals surface area contributed by atoms with E-state index in [0.29, 0.717) is 30.5 Å². The van der Waals surface area contributed by atoms with Gasteiger partial charge in [-0.15, -0.1) is 0 Å². The third kappa shape index (κ3) is 1.41. The first-order chi connectivity index (χ1) is 7.73. The Morgan fingerprint density at radius 1 is 1.25 bits per heavy atom. The standard InChI is InChI=1S/C12H14O4/c1-14-8-6-9(12(13)2-3-12)11-10(7-8)15-4-5-16-11/h6-7,13H,2-5H2,1H3. The molecule has 1 aromatic rings. The van der Waals surface area contributed by atoms with Crippen molar-refractivity contribution >= 4 is 0 Å². The molecular weight excluding hydrogens is 208 g/mol. The summed E-state index contributed by atoms with van der Waals surface area (Å²) in [4.78, 5) is 0. The van der Waals surface area contributed by atoms with Gasteiger partial charge in [-0.3, -0.25) is 0 Å². The van der Waals surface area contributed by atoms with Gasteiger partial charge < -0.3 is 19.3 Å². The van der Waals surface area contributed by atoms with E-state index < -0.39 is 5.60 Å². The zero-order chi connectivity index (χ0) is 11.2. The van der Waals surface area contributed by atoms with Gasteiger partial charge in [-0.05, 0) is 18.9 Å². The Kier molecular flexibility index (Phi) is 2.01. The van der Waals surface area contributed by atoms with Crippen LogP contribution in [-0.2, 0) is 5.60 Å². The SMILES string of the molecule is COc1cc2c(c(C3(O)CC3)c1)OCCO2. The summed E-state index contributed by atoms with van der Waals surface area (Å²) >= 11 is 0. The third-order valence-corrected chi connectivity index (χ3v) is 3.08. The molecule has 16 heavy (non-hydrogen) atoms. The Labute approximate surface area is 93.7 Å². The molecule has 2 aliphatic rings. The molecule has 4 heteroatoms. The lowest BCUT2D eigenvalue weighted by molar-refractivity contribution is 0.129. The van der Waals surface area contributed by atoms with Crippen molar-refractivity contribution in [3.8, 4) is 17.2 Å². The smallest absolute Gasteiger partial charge is 0.167 e. The molecule has 3 rings (SSSR count). The van der Waals surface area contributed by atoms with Crippen LogP contribution < -0.4 is 14.2 Å². The van der Waals surface area contributed by atoms with Crippen molar-refractivity contribution in [2.45, 2.75) is 18.4 Å². The number of ether oxygens (including phenoxy) is 3. The van der Waals surface area contributed by atoms with Crippen LogP contribution in [0.15, 0.2) is 12.1 Å². The summed E-state index contributed by atoms with van der Waals surface area (Å²) in [7, 11) is 1.60. The highest BCUT2D eigenvalue weighted by molar-refractivity contribution is 5.55. The maximum atomic E-state index is 10.2. The molecule has 0 spiro atoms. The van der Waals surface area contributed by atoms with Crippen LogP contribution in [-0.4, -0.2) is 25.4 Å². The Balaban J connectivity index is 2.13. The normalized spacial score (nSPS) is 20.4. The number of fused-ring (bicyclic) bond motifs is 1. The minimum Gasteiger partial charge on any atom is -0.497 e. The summed E-state index contributed by atoms with van der Waals surface area (Å²) in [6.07, 6.45) is 1.55. The van der Waals surface area contributed by atoms with Crippen LogP contribution >= 0.6 is 0 Å². The first-order valence-corrected chi connectivity index (χ1v) is 5.43. The van der Waals surface area contributed by atoms with E-state index in [-0.39, 0.29) is 0 Å². The summed E-state index contributed by atoms with van der Waals surface area (Å²) in [5.74, 6) is 2.03. The maximum Gasteiger partial charge on any atom is 0.167 e. The maximum absolute atomic E-state index is 10.2. The molecule has 0 saturated heterocycles. The molecule has 1 fully saturated rings. The Hall–Kier alpha value is -1.42. The number of aliphatic hydroxyl groups is 1. The zero-order valence-corrected chi connectivity index (χ0v) is 9.16. The molecule has 0 amide bonds. The second-order valence-electron chi connectivity index (χ2n) is 4.23. The van der Waals surface area contributed by atoms with Crippen LogP contribution in [0.1, 0.15) is 18.4 Å². The van der Waals surface area contributed by atoms with E-state index in [1.807, 2.05) is 6.07 Å². The molecule has 1 aliphatic heterocycles. The molecule has 1 aromatic carbocycles. The third-order valence-electron chi connectivity index (χ3n) is 3.08. The molecule has 0 aromatic heterocycles. The highest BCUT2D eigenvalue weighted by atomic mass is 16.6. The van der Waals surface area contributed by atoms with Crippen molar-refractivity contribution < 1.29 is 19.3 Å². The van der Waals surface area contributed by atoms with Gasteiger partial charge in [0, 0.05) is 11.6 Å². The predicted molar refractivity (Wildman–Crippen MR) is 57.1 cm³/mol. The van der Waals surface area contributed by atoms with Gasteiger partial charge in [-0.1, -0.05) is 0 Å². The highest BCUT2D eigenvalue weighted by Crippen LogP contribution is 2.53. The average Bonchev–Trinajstić information content (AvgIpc) is 3.07. The van der Waals surface area contributed by atoms with Crippen LogP contribution in [0.5, 0.6) is 17.2 Å². The fraction of sp³-hybridized carbons (Fsp3) is 0.500. The van der Waals surface area contributed by atoms with Crippen LogP contribution in [0.3, 0.4) is 0 Å². The van der Waals surface area contributed by atoms with Crippen LogP contribution in [0.2, 0.25) is 0 Å². The van der Waals surface area contributed by atoms with E-state index in [0.717, 1.165) is 18.4 Å². The molecule has 1 N–H and O–H groups in total. The van der Waals surface area contributed by atoms with E-state index >= 15 is 0 Å². The monoisotopic (exact) mass is 222 g/mol. The fourth-order valence-electron chi connectivity index (χ4n) is 1.98. The molecule has 0 bridgehead atoms. The number of hydrogen-bond acceptors (Lipinski definition) is 4. The summed E-state index contributed by atoms with van der Waals surface area (Å²) < 4.78 is 16.3. The Morgan fingerprint density at radius 2 is 2.00 bits per heavy atom. The number of benzene rings is 1. The summed E-state index contributed by atoms with van der Waals surface area (Å²) in [5, 5.41) is 10.2. The van der Waals surface area contributed by atoms with Crippen molar-refractivity contribution in [1.82, 2.24) is 0 Å². The van der Waals surface area contributed by atoms with E-state index in [1.54, 1.807) is 13.2 Å². The van der Waals surface area contributed by atoms with Gasteiger partial charge in [0.05, 0.1) is 12.7 Å². The molecular formula is C12H14O4. The number of hydrogen-bond donors (Lipinski definition) is 1. The minimum atomic E-state index is -0.737. The molecule has 0 atom stereocenters. The average molecular weight is 222 g/mol. The van der Waals surface area contributed by atoms with E-state index in [9.17, 15) is 5.11 Å². The van der Waals surface area contributed by atoms with Crippen molar-refractivity contribution in [1.29, 1.82) is 0 Å². The first kappa shape index (κ1) is 9.78. The van der Waals surface area contributed by atoms with Crippen LogP contribution in [0.25, 0.3) is 0 Å². The van der Waals surface area contributed by atoms with Gasteiger partial charge in [0.15, 0.2) is 11.5 Å². The van der Waals surface area contributed by atoms with Gasteiger partial charge >= 0.3 is 0 Å². The summed E-state index contributed by atoms with van der Waals surface area (Å²) in [6, 6.07) is 3.63. The summed E-state index contributed by atoms with van der Waals surface area (Å²) in [5.41, 5.74) is 0.0563. The Bertz CT molecular complexity index is 423. The fourth-order valence-corrected chi connectivity index (χ4v) is 1.98. The Morgan fingerprint density at radius 3 is 2.69 bits per heavy atom. The zero-order valence-electron chi connectivity index (χ0n) is 9.16. The molecule has 1 saturated carbocycles. The predicted octanol–water partition coefficient (Wildman–Crippen LogP) is 1.45.